The first-order chi connectivity index (χ1) is 18.8. The molecule has 0 saturated heterocycles. The third-order valence-corrected chi connectivity index (χ3v) is 5.99. The van der Waals surface area contributed by atoms with Crippen molar-refractivity contribution in [1.29, 1.82) is 0 Å². The van der Waals surface area contributed by atoms with E-state index < -0.39 is 78.8 Å². The molecular formula is C24H45N7O9. The molecule has 230 valence electrons. The normalized spacial score (nSPS) is 14.8. The molecule has 0 aromatic heterocycles. The van der Waals surface area contributed by atoms with E-state index in [1.807, 2.05) is 5.32 Å². The van der Waals surface area contributed by atoms with Crippen LogP contribution in [-0.2, 0) is 28.8 Å². The highest BCUT2D eigenvalue weighted by atomic mass is 16.4. The number of carboxylic acid groups (broad SMARTS) is 2. The van der Waals surface area contributed by atoms with Crippen molar-refractivity contribution in [2.75, 3.05) is 19.7 Å². The monoisotopic (exact) mass is 575 g/mol. The minimum Gasteiger partial charge on any atom is -0.481 e. The number of carbonyl (C=O) groups excluding carboxylic acids is 4. The zero-order chi connectivity index (χ0) is 30.8. The fourth-order valence-electron chi connectivity index (χ4n) is 3.48. The van der Waals surface area contributed by atoms with Crippen LogP contribution < -0.4 is 38.5 Å². The van der Waals surface area contributed by atoms with Gasteiger partial charge in [-0.25, -0.2) is 4.79 Å². The highest BCUT2D eigenvalue weighted by molar-refractivity contribution is 5.96. The average molecular weight is 576 g/mol. The topological polar surface area (TPSA) is 289 Å². The van der Waals surface area contributed by atoms with Gasteiger partial charge < -0.3 is 53.8 Å². The summed E-state index contributed by atoms with van der Waals surface area (Å²) in [5.74, 6) is -6.55. The molecule has 0 radical (unpaired) electrons. The Bertz CT molecular complexity index is 857. The Balaban J connectivity index is 5.85. The van der Waals surface area contributed by atoms with Gasteiger partial charge in [0.2, 0.25) is 23.6 Å². The average Bonchev–Trinajstić information content (AvgIpc) is 2.88. The Labute approximate surface area is 233 Å². The zero-order valence-electron chi connectivity index (χ0n) is 23.1. The van der Waals surface area contributed by atoms with Crippen LogP contribution in [0.1, 0.15) is 58.8 Å². The molecule has 0 rings (SSSR count). The highest BCUT2D eigenvalue weighted by Crippen LogP contribution is 2.08. The molecule has 0 aromatic rings. The summed E-state index contributed by atoms with van der Waals surface area (Å²) < 4.78 is 0. The number of carboxylic acids is 2. The van der Waals surface area contributed by atoms with Crippen molar-refractivity contribution in [3.05, 3.63) is 0 Å². The van der Waals surface area contributed by atoms with Crippen LogP contribution in [0.25, 0.3) is 0 Å². The molecule has 0 saturated carbocycles. The number of amides is 4. The minimum atomic E-state index is -1.73. The zero-order valence-corrected chi connectivity index (χ0v) is 23.1. The number of aliphatic carboxylic acids is 2. The largest absolute Gasteiger partial charge is 0.481 e. The van der Waals surface area contributed by atoms with Gasteiger partial charge in [-0.2, -0.15) is 0 Å². The predicted octanol–water partition coefficient (Wildman–Crippen LogP) is -3.28. The van der Waals surface area contributed by atoms with Crippen LogP contribution >= 0.6 is 0 Å². The number of hydrogen-bond acceptors (Lipinski definition) is 10. The van der Waals surface area contributed by atoms with E-state index in [0.717, 1.165) is 0 Å². The van der Waals surface area contributed by atoms with Gasteiger partial charge in [0.25, 0.3) is 0 Å². The van der Waals surface area contributed by atoms with Crippen molar-refractivity contribution < 1.29 is 44.1 Å². The fraction of sp³-hybridized carbons (Fsp3) is 0.750. The van der Waals surface area contributed by atoms with Crippen LogP contribution in [0.4, 0.5) is 0 Å². The maximum absolute atomic E-state index is 13.2. The van der Waals surface area contributed by atoms with E-state index in [-0.39, 0.29) is 18.8 Å². The molecule has 0 fully saturated rings. The third kappa shape index (κ3) is 14.2. The van der Waals surface area contributed by atoms with Gasteiger partial charge in [0.1, 0.15) is 24.2 Å². The summed E-state index contributed by atoms with van der Waals surface area (Å²) in [6, 6.07) is -6.61. The molecule has 4 amide bonds. The molecule has 0 unspecified atom stereocenters. The van der Waals surface area contributed by atoms with Gasteiger partial charge in [-0.05, 0) is 57.5 Å². The Morgan fingerprint density at radius 2 is 1.05 bits per heavy atom. The van der Waals surface area contributed by atoms with Gasteiger partial charge in [-0.15, -0.1) is 0 Å². The van der Waals surface area contributed by atoms with Gasteiger partial charge in [-0.3, -0.25) is 24.0 Å². The van der Waals surface area contributed by atoms with E-state index in [9.17, 15) is 33.9 Å². The highest BCUT2D eigenvalue weighted by Gasteiger charge is 2.32. The van der Waals surface area contributed by atoms with Crippen LogP contribution in [0.2, 0.25) is 0 Å². The molecule has 16 nitrogen and oxygen atoms in total. The SMILES string of the molecule is CC(C)[C@H](N)C(=O)N[C@@H](CCCCN)C(=O)N[C@@H](CCCCN)C(=O)N[C@@H](CC(=O)O)C(=O)N[C@@H](CO)C(=O)O. The Morgan fingerprint density at radius 1 is 0.650 bits per heavy atom. The van der Waals surface area contributed by atoms with Crippen LogP contribution in [0.5, 0.6) is 0 Å². The van der Waals surface area contributed by atoms with Gasteiger partial charge in [0.15, 0.2) is 0 Å². The molecule has 40 heavy (non-hydrogen) atoms. The first kappa shape index (κ1) is 36.7. The molecular weight excluding hydrogens is 530 g/mol. The summed E-state index contributed by atoms with van der Waals surface area (Å²) >= 11 is 0. The number of hydrogen-bond donors (Lipinski definition) is 10. The van der Waals surface area contributed by atoms with Gasteiger partial charge >= 0.3 is 11.9 Å². The lowest BCUT2D eigenvalue weighted by molar-refractivity contribution is -0.144. The van der Waals surface area contributed by atoms with Crippen LogP contribution in [0.15, 0.2) is 0 Å². The predicted molar refractivity (Wildman–Crippen MR) is 143 cm³/mol. The van der Waals surface area contributed by atoms with Crippen molar-refractivity contribution in [1.82, 2.24) is 21.3 Å². The molecule has 13 N–H and O–H groups in total. The molecule has 0 bridgehead atoms. The van der Waals surface area contributed by atoms with Gasteiger partial charge in [0.05, 0.1) is 19.1 Å². The molecule has 0 heterocycles. The quantitative estimate of drug-likeness (QED) is 0.0603. The van der Waals surface area contributed by atoms with Crippen LogP contribution in [-0.4, -0.2) is 101 Å². The number of unbranched alkanes of at least 4 members (excludes halogenated alkanes) is 2. The van der Waals surface area contributed by atoms with Crippen molar-refractivity contribution in [2.45, 2.75) is 89.0 Å². The smallest absolute Gasteiger partial charge is 0.328 e. The van der Waals surface area contributed by atoms with E-state index in [1.165, 1.54) is 0 Å². The first-order valence-electron chi connectivity index (χ1n) is 13.2. The maximum Gasteiger partial charge on any atom is 0.328 e. The van der Waals surface area contributed by atoms with Crippen LogP contribution in [0, 0.1) is 5.92 Å². The standard InChI is InChI=1S/C24H45N7O9/c1-13(2)19(27)23(38)29-15(8-4-6-10-26)20(35)28-14(7-3-5-9-25)21(36)30-16(11-18(33)34)22(37)31-17(12-32)24(39)40/h13-17,19,32H,3-12,25-27H2,1-2H3,(H,28,35)(H,29,38)(H,30,36)(H,31,37)(H,33,34)(H,39,40)/t14-,15-,16-,17-,19-/m0/s1. The summed E-state index contributed by atoms with van der Waals surface area (Å²) in [5.41, 5.74) is 17.0. The van der Waals surface area contributed by atoms with E-state index in [2.05, 4.69) is 16.0 Å². The summed E-state index contributed by atoms with van der Waals surface area (Å²) in [4.78, 5) is 73.9. The number of carbonyl (C=O) groups is 6. The number of nitrogens with two attached hydrogens (primary N) is 3. The Hall–Kier alpha value is -3.34. The number of aliphatic hydroxyl groups excluding tert-OH is 1. The van der Waals surface area contributed by atoms with Crippen LogP contribution in [0.3, 0.4) is 0 Å². The van der Waals surface area contributed by atoms with Crippen molar-refractivity contribution in [3.8, 4) is 0 Å². The lowest BCUT2D eigenvalue weighted by Crippen LogP contribution is -2.59. The maximum atomic E-state index is 13.2. The minimum absolute atomic E-state index is 0.0690. The molecule has 5 atom stereocenters. The summed E-state index contributed by atoms with van der Waals surface area (Å²) in [5, 5.41) is 36.8. The Kier molecular flexibility index (Phi) is 18.0. The molecule has 0 aliphatic carbocycles. The molecule has 16 heteroatoms. The van der Waals surface area contributed by atoms with Crippen molar-refractivity contribution >= 4 is 35.6 Å². The second-order valence-electron chi connectivity index (χ2n) is 9.70. The van der Waals surface area contributed by atoms with Crippen molar-refractivity contribution in [2.24, 2.45) is 23.1 Å². The molecule has 0 aliphatic rings. The number of aliphatic hydroxyl groups is 1. The number of rotatable bonds is 21. The van der Waals surface area contributed by atoms with Gasteiger partial charge in [0, 0.05) is 0 Å². The third-order valence-electron chi connectivity index (χ3n) is 5.99. The van der Waals surface area contributed by atoms with E-state index in [1.54, 1.807) is 13.8 Å². The van der Waals surface area contributed by atoms with Crippen molar-refractivity contribution in [3.63, 3.8) is 0 Å². The summed E-state index contributed by atoms with van der Waals surface area (Å²) in [7, 11) is 0. The molecule has 0 aromatic carbocycles. The van der Waals surface area contributed by atoms with E-state index in [0.29, 0.717) is 38.8 Å². The lowest BCUT2D eigenvalue weighted by atomic mass is 10.0. The van der Waals surface area contributed by atoms with E-state index in [4.69, 9.17) is 27.4 Å². The summed E-state index contributed by atoms with van der Waals surface area (Å²) in [6.45, 7) is 3.19. The second kappa shape index (κ2) is 19.7. The molecule has 0 spiro atoms. The lowest BCUT2D eigenvalue weighted by Gasteiger charge is -2.26. The fourth-order valence-corrected chi connectivity index (χ4v) is 3.48. The first-order valence-corrected chi connectivity index (χ1v) is 13.2. The Morgan fingerprint density at radius 3 is 1.43 bits per heavy atom. The second-order valence-corrected chi connectivity index (χ2v) is 9.70. The number of nitrogens with one attached hydrogen (secondary N) is 4. The van der Waals surface area contributed by atoms with Gasteiger partial charge in [-0.1, -0.05) is 13.8 Å². The van der Waals surface area contributed by atoms with E-state index >= 15 is 0 Å². The molecule has 0 aliphatic heterocycles. The summed E-state index contributed by atoms with van der Waals surface area (Å²) in [6.07, 6.45) is 1.33.